The summed E-state index contributed by atoms with van der Waals surface area (Å²) < 4.78 is 43.0. The number of sulfone groups is 1. The van der Waals surface area contributed by atoms with Crippen LogP contribution in [0.2, 0.25) is 20.1 Å². The van der Waals surface area contributed by atoms with Gasteiger partial charge < -0.3 is 25.0 Å². The van der Waals surface area contributed by atoms with Crippen LogP contribution in [-0.2, 0) is 32.3 Å². The number of rotatable bonds is 34. The first kappa shape index (κ1) is 82.9. The molecular weight excluding hydrogens is 1460 g/mol. The van der Waals surface area contributed by atoms with Gasteiger partial charge >= 0.3 is 0 Å². The van der Waals surface area contributed by atoms with Crippen molar-refractivity contribution in [3.8, 4) is 22.9 Å². The van der Waals surface area contributed by atoms with Crippen LogP contribution in [0.4, 0.5) is 5.69 Å². The lowest BCUT2D eigenvalue weighted by Gasteiger charge is -2.29. The number of hydrogen-bond donors (Lipinski definition) is 6. The lowest BCUT2D eigenvalue weighted by molar-refractivity contribution is -0.129. The molecule has 24 nitrogen and oxygen atoms in total. The van der Waals surface area contributed by atoms with Gasteiger partial charge in [0.2, 0.25) is 0 Å². The fourth-order valence-electron chi connectivity index (χ4n) is 12.7. The molecule has 0 spiro atoms. The molecule has 1 fully saturated rings. The van der Waals surface area contributed by atoms with E-state index in [1.807, 2.05) is 112 Å². The molecule has 9 heterocycles. The highest BCUT2D eigenvalue weighted by molar-refractivity contribution is 7.91. The van der Waals surface area contributed by atoms with E-state index in [4.69, 9.17) is 55.9 Å². The number of benzene rings is 3. The maximum absolute atomic E-state index is 13.3. The number of nitrogens with one attached hydrogen (secondary N) is 6. The number of amides is 2. The van der Waals surface area contributed by atoms with E-state index in [1.165, 1.54) is 75.3 Å². The number of carbonyl (C=O) groups is 2. The van der Waals surface area contributed by atoms with E-state index in [1.54, 1.807) is 9.15 Å². The Labute approximate surface area is 648 Å². The van der Waals surface area contributed by atoms with Crippen LogP contribution in [0.15, 0.2) is 72.9 Å². The molecule has 0 radical (unpaired) electrons. The molecular formula is C78H108Cl4N18O6S. The van der Waals surface area contributed by atoms with Crippen molar-refractivity contribution in [2.75, 3.05) is 42.6 Å². The monoisotopic (exact) mass is 1560 g/mol. The van der Waals surface area contributed by atoms with Gasteiger partial charge in [-0.2, -0.15) is 4.63 Å². The predicted molar refractivity (Wildman–Crippen MR) is 429 cm³/mol. The summed E-state index contributed by atoms with van der Waals surface area (Å²) in [5, 5.41) is 42.1. The smallest absolute Gasteiger partial charge is 0.261 e. The summed E-state index contributed by atoms with van der Waals surface area (Å²) in [6.45, 7) is 24.2. The molecule has 2 amide bonds. The van der Waals surface area contributed by atoms with Crippen molar-refractivity contribution in [2.24, 2.45) is 0 Å². The maximum atomic E-state index is 13.3. The Morgan fingerprint density at radius 3 is 1.64 bits per heavy atom. The molecule has 3 aromatic carbocycles. The third-order valence-corrected chi connectivity index (χ3v) is 22.6. The molecule has 1 aliphatic rings. The Morgan fingerprint density at radius 1 is 0.542 bits per heavy atom. The van der Waals surface area contributed by atoms with Crippen LogP contribution in [0.3, 0.4) is 0 Å². The van der Waals surface area contributed by atoms with E-state index in [0.717, 1.165) is 120 Å². The molecule has 3 atom stereocenters. The van der Waals surface area contributed by atoms with Crippen LogP contribution in [0.1, 0.15) is 212 Å². The Kier molecular flexibility index (Phi) is 31.3. The Morgan fingerprint density at radius 2 is 1.07 bits per heavy atom. The summed E-state index contributed by atoms with van der Waals surface area (Å²) in [5.74, 6) is 4.53. The molecule has 8 aromatic heterocycles. The largest absolute Gasteiger partial charge is 0.481 e. The minimum Gasteiger partial charge on any atom is -0.481 e. The van der Waals surface area contributed by atoms with Gasteiger partial charge in [-0.15, -0.1) is 25.5 Å². The number of halogens is 4. The third kappa shape index (κ3) is 23.2. The van der Waals surface area contributed by atoms with Crippen molar-refractivity contribution in [1.29, 1.82) is 0 Å². The molecule has 107 heavy (non-hydrogen) atoms. The van der Waals surface area contributed by atoms with Gasteiger partial charge in [0.1, 0.15) is 26.6 Å². The first-order valence-corrected chi connectivity index (χ1v) is 41.4. The lowest BCUT2D eigenvalue weighted by atomic mass is 10.0. The Hall–Kier alpha value is -8.10. The van der Waals surface area contributed by atoms with Crippen LogP contribution in [0.25, 0.3) is 34.0 Å². The summed E-state index contributed by atoms with van der Waals surface area (Å²) in [6.07, 6.45) is 23.8. The number of aromatic nitrogens is 15. The van der Waals surface area contributed by atoms with E-state index in [-0.39, 0.29) is 29.2 Å². The number of nitrogens with zero attached hydrogens (tertiary/aromatic N) is 12. The van der Waals surface area contributed by atoms with Gasteiger partial charge in [0.25, 0.3) is 11.8 Å². The summed E-state index contributed by atoms with van der Waals surface area (Å²) in [7, 11) is -2.94. The Bertz CT molecular complexity index is 4730. The zero-order chi connectivity index (χ0) is 76.7. The molecule has 1 aliphatic heterocycles. The fourth-order valence-corrected chi connectivity index (χ4v) is 14.5. The molecule has 3 unspecified atom stereocenters. The van der Waals surface area contributed by atoms with Crippen molar-refractivity contribution in [3.05, 3.63) is 150 Å². The number of aryl methyl sites for hydroxylation is 8. The molecule has 6 N–H and O–H groups in total. The highest BCUT2D eigenvalue weighted by atomic mass is 35.5. The number of fused-ring (bicyclic) bond motifs is 4. The normalized spacial score (nSPS) is 13.6. The van der Waals surface area contributed by atoms with E-state index in [2.05, 4.69) is 117 Å². The van der Waals surface area contributed by atoms with Gasteiger partial charge in [0.05, 0.1) is 33.6 Å². The van der Waals surface area contributed by atoms with E-state index < -0.39 is 22.0 Å². The molecule has 0 bridgehead atoms. The molecule has 1 saturated heterocycles. The number of hydrogen-bond acceptors (Lipinski definition) is 14. The maximum Gasteiger partial charge on any atom is 0.261 e. The fraction of sp³-hybridized carbons (Fsp3) is 0.526. The van der Waals surface area contributed by atoms with Gasteiger partial charge in [-0.05, 0) is 122 Å². The van der Waals surface area contributed by atoms with Crippen molar-refractivity contribution in [1.82, 2.24) is 84.7 Å². The third-order valence-electron chi connectivity index (χ3n) is 19.2. The molecule has 0 saturated carbocycles. The number of aromatic amines is 4. The van der Waals surface area contributed by atoms with Crippen LogP contribution in [0, 0.1) is 48.5 Å². The number of anilines is 1. The number of H-pyrrole nitrogens is 4. The van der Waals surface area contributed by atoms with E-state index >= 15 is 0 Å². The predicted octanol–water partition coefficient (Wildman–Crippen LogP) is 17.3. The molecule has 0 aliphatic carbocycles. The number of unbranched alkanes of at least 4 members (excludes halogenated alkanes) is 14. The molecule has 29 heteroatoms. The minimum atomic E-state index is -2.94. The highest BCUT2D eigenvalue weighted by Crippen LogP contribution is 2.29. The quantitative estimate of drug-likeness (QED) is 0.0205. The second kappa shape index (κ2) is 40.4. The SMILES string of the molecule is CCCCCCC(Oc1ccc(C)cc1C)C(=O)NCC(C)c1nc2c(Cl)c(C)[nH]n2n1.CCCCCCCCCCCCC(Oc1ccc(N2CCS(=O)(=O)CC2)cc1)C(=O)NCCc1nnc2c(Cl)c(C)[nH]n12.CCCCCc1nnc2c(Cl)c(C)[nH]n12.Cc1ccc(-c2nc3c(Cl)c(C)cn3[nH]2)cc1. The number of carbonyl (C=O) groups excluding carboxylic acids is 2. The first-order chi connectivity index (χ1) is 51.4. The van der Waals surface area contributed by atoms with Crippen molar-refractivity contribution < 1.29 is 27.5 Å². The molecule has 12 rings (SSSR count). The van der Waals surface area contributed by atoms with Crippen LogP contribution >= 0.6 is 46.4 Å². The zero-order valence-electron chi connectivity index (χ0n) is 64.0. The van der Waals surface area contributed by atoms with Crippen molar-refractivity contribution in [2.45, 2.75) is 229 Å². The van der Waals surface area contributed by atoms with Gasteiger partial charge in [0, 0.05) is 62.4 Å². The van der Waals surface area contributed by atoms with E-state index in [0.29, 0.717) is 94.2 Å². The number of ether oxygens (including phenoxy) is 2. The summed E-state index contributed by atoms with van der Waals surface area (Å²) in [4.78, 5) is 37.4. The molecule has 580 valence electrons. The van der Waals surface area contributed by atoms with E-state index in [9.17, 15) is 18.0 Å². The second-order valence-electron chi connectivity index (χ2n) is 28.2. The summed E-state index contributed by atoms with van der Waals surface area (Å²) >= 11 is 24.8. The standard InChI is InChI=1S/C31H47ClN6O4S.C24H34ClN5O2.C13H12ClN3.C10H15ClN4/c1-3-4-5-6-7-8-9-10-11-12-13-27(31(39)33-19-18-28-34-35-30-29(32)24(2)36-38(28)30)42-26-16-14-25(15-17-26)37-20-22-43(40,41)23-21-37;1-6-7-8-9-10-20(32-19-12-11-15(2)13-16(19)3)24(31)26-14-17(4)22-27-23-21(25)18(5)28-30(23)29-22;1-8-3-5-10(6-4-8)12-15-13-11(14)9(2)7-17(13)16-12;1-3-4-5-6-8-12-13-10-9(11)7(2)14-15(8)10/h14-17,27,36H,3-13,18-23H2,1-2H3,(H,33,39);11-13,17,20,28H,6-10,14H2,1-5H3,(H,26,31);3-7H,1-2H3,(H,15,16);14H,3-6H2,1-2H3. The van der Waals surface area contributed by atoms with Crippen LogP contribution in [0.5, 0.6) is 11.5 Å². The minimum absolute atomic E-state index is 0.0644. The van der Waals surface area contributed by atoms with Crippen molar-refractivity contribution in [3.63, 3.8) is 0 Å². The summed E-state index contributed by atoms with van der Waals surface area (Å²) in [5.41, 5.74) is 11.8. The van der Waals surface area contributed by atoms with Crippen molar-refractivity contribution >= 4 is 96.3 Å². The Balaban J connectivity index is 0.000000179. The topological polar surface area (TPSA) is 285 Å². The van der Waals surface area contributed by atoms with Crippen LogP contribution < -0.4 is 25.0 Å². The van der Waals surface area contributed by atoms with Gasteiger partial charge in [-0.3, -0.25) is 30.0 Å². The van der Waals surface area contributed by atoms with Gasteiger partial charge in [-0.1, -0.05) is 212 Å². The lowest BCUT2D eigenvalue weighted by Crippen LogP contribution is -2.40. The van der Waals surface area contributed by atoms with Crippen LogP contribution in [-0.4, -0.2) is 144 Å². The highest BCUT2D eigenvalue weighted by Gasteiger charge is 2.27. The first-order valence-electron chi connectivity index (χ1n) is 38.0. The molecule has 11 aromatic rings. The van der Waals surface area contributed by atoms with Gasteiger partial charge in [-0.25, -0.2) is 31.9 Å². The van der Waals surface area contributed by atoms with Gasteiger partial charge in [0.15, 0.2) is 67.9 Å². The average molecular weight is 1570 g/mol. The zero-order valence-corrected chi connectivity index (χ0v) is 67.8. The summed E-state index contributed by atoms with van der Waals surface area (Å²) in [6, 6.07) is 21.9. The average Bonchev–Trinajstić information content (AvgIpc) is 1.64. The second-order valence-corrected chi connectivity index (χ2v) is 32.1.